The summed E-state index contributed by atoms with van der Waals surface area (Å²) in [4.78, 5) is 13.0. The molecule has 0 aliphatic heterocycles. The Morgan fingerprint density at radius 2 is 1.75 bits per heavy atom. The molecule has 2 rings (SSSR count). The van der Waals surface area contributed by atoms with Crippen molar-refractivity contribution in [1.29, 1.82) is 0 Å². The molecule has 4 heteroatoms. The van der Waals surface area contributed by atoms with E-state index in [-0.39, 0.29) is 5.78 Å². The molecular weight excluding hydrogens is 292 g/mol. The molecular formula is C16H13ClO2S. The number of carbonyl (C=O) groups is 1. The van der Waals surface area contributed by atoms with E-state index in [0.29, 0.717) is 10.6 Å². The van der Waals surface area contributed by atoms with Gasteiger partial charge in [-0.05, 0) is 60.0 Å². The predicted octanol–water partition coefficient (Wildman–Crippen LogP) is 4.84. The van der Waals surface area contributed by atoms with Crippen LogP contribution in [-0.2, 0) is 0 Å². The highest BCUT2D eigenvalue weighted by molar-refractivity contribution is 8.02. The Bertz CT molecular complexity index is 603. The van der Waals surface area contributed by atoms with Crippen molar-refractivity contribution in [3.63, 3.8) is 0 Å². The van der Waals surface area contributed by atoms with Crippen LogP contribution in [0.3, 0.4) is 0 Å². The van der Waals surface area contributed by atoms with Crippen LogP contribution in [0.25, 0.3) is 0 Å². The highest BCUT2D eigenvalue weighted by atomic mass is 35.5. The molecule has 0 amide bonds. The lowest BCUT2D eigenvalue weighted by atomic mass is 10.1. The van der Waals surface area contributed by atoms with Gasteiger partial charge in [0.1, 0.15) is 5.75 Å². The fraction of sp³-hybridized carbons (Fsp3) is 0.0625. The van der Waals surface area contributed by atoms with E-state index >= 15 is 0 Å². The van der Waals surface area contributed by atoms with E-state index in [0.717, 1.165) is 10.6 Å². The zero-order valence-electron chi connectivity index (χ0n) is 10.9. The maximum absolute atomic E-state index is 11.9. The Balaban J connectivity index is 1.96. The third-order valence-electron chi connectivity index (χ3n) is 2.61. The van der Waals surface area contributed by atoms with Crippen molar-refractivity contribution in [2.24, 2.45) is 0 Å². The van der Waals surface area contributed by atoms with Crippen LogP contribution >= 0.6 is 23.4 Å². The molecule has 0 aliphatic carbocycles. The van der Waals surface area contributed by atoms with Gasteiger partial charge < -0.3 is 4.74 Å². The zero-order valence-corrected chi connectivity index (χ0v) is 12.4. The van der Waals surface area contributed by atoms with Gasteiger partial charge in [0.15, 0.2) is 5.78 Å². The van der Waals surface area contributed by atoms with Gasteiger partial charge in [-0.3, -0.25) is 4.79 Å². The summed E-state index contributed by atoms with van der Waals surface area (Å²) in [6, 6.07) is 14.5. The molecule has 0 unspecified atom stereocenters. The van der Waals surface area contributed by atoms with Crippen LogP contribution in [-0.4, -0.2) is 12.9 Å². The minimum absolute atomic E-state index is 0.0332. The van der Waals surface area contributed by atoms with Crippen LogP contribution in [0.2, 0.25) is 5.02 Å². The number of carbonyl (C=O) groups excluding carboxylic acids is 1. The Labute approximate surface area is 127 Å². The second kappa shape index (κ2) is 7.17. The van der Waals surface area contributed by atoms with E-state index in [2.05, 4.69) is 0 Å². The highest BCUT2D eigenvalue weighted by Crippen LogP contribution is 2.21. The van der Waals surface area contributed by atoms with E-state index in [9.17, 15) is 4.79 Å². The Morgan fingerprint density at radius 3 is 2.35 bits per heavy atom. The van der Waals surface area contributed by atoms with Crippen LogP contribution in [0.15, 0.2) is 64.9 Å². The van der Waals surface area contributed by atoms with Crippen LogP contribution < -0.4 is 4.74 Å². The van der Waals surface area contributed by atoms with Gasteiger partial charge in [0.25, 0.3) is 0 Å². The lowest BCUT2D eigenvalue weighted by Crippen LogP contribution is -1.93. The summed E-state index contributed by atoms with van der Waals surface area (Å²) in [5, 5.41) is 2.48. The number of methoxy groups -OCH3 is 1. The summed E-state index contributed by atoms with van der Waals surface area (Å²) in [7, 11) is 1.60. The van der Waals surface area contributed by atoms with E-state index in [1.54, 1.807) is 42.9 Å². The number of hydrogen-bond acceptors (Lipinski definition) is 3. The lowest BCUT2D eigenvalue weighted by Gasteiger charge is -2.00. The first-order valence-corrected chi connectivity index (χ1v) is 7.22. The largest absolute Gasteiger partial charge is 0.497 e. The van der Waals surface area contributed by atoms with Gasteiger partial charge in [0.05, 0.1) is 7.11 Å². The average molecular weight is 305 g/mol. The third-order valence-corrected chi connectivity index (χ3v) is 3.68. The number of hydrogen-bond donors (Lipinski definition) is 0. The average Bonchev–Trinajstić information content (AvgIpc) is 2.49. The molecule has 2 nitrogen and oxygen atoms in total. The normalized spacial score (nSPS) is 10.7. The molecule has 0 fully saturated rings. The summed E-state index contributed by atoms with van der Waals surface area (Å²) < 4.78 is 5.05. The Kier molecular flexibility index (Phi) is 5.27. The van der Waals surface area contributed by atoms with Crippen molar-refractivity contribution in [1.82, 2.24) is 0 Å². The van der Waals surface area contributed by atoms with E-state index in [1.165, 1.54) is 11.8 Å². The lowest BCUT2D eigenvalue weighted by molar-refractivity contribution is 0.104. The number of allylic oxidation sites excluding steroid dienone is 1. The van der Waals surface area contributed by atoms with Crippen molar-refractivity contribution >= 4 is 29.1 Å². The van der Waals surface area contributed by atoms with Gasteiger partial charge in [0, 0.05) is 15.5 Å². The van der Waals surface area contributed by atoms with Gasteiger partial charge in [-0.25, -0.2) is 0 Å². The van der Waals surface area contributed by atoms with Crippen LogP contribution in [0.1, 0.15) is 10.4 Å². The molecule has 0 bridgehead atoms. The smallest absolute Gasteiger partial charge is 0.186 e. The molecule has 0 saturated heterocycles. The SMILES string of the molecule is COc1ccc(C(=O)C=CSc2ccc(Cl)cc2)cc1. The summed E-state index contributed by atoms with van der Waals surface area (Å²) in [5.74, 6) is 0.704. The van der Waals surface area contributed by atoms with E-state index in [1.807, 2.05) is 24.3 Å². The monoisotopic (exact) mass is 304 g/mol. The first kappa shape index (κ1) is 14.7. The number of thioether (sulfide) groups is 1. The van der Waals surface area contributed by atoms with Gasteiger partial charge in [0.2, 0.25) is 0 Å². The molecule has 0 spiro atoms. The molecule has 0 aliphatic rings. The Morgan fingerprint density at radius 1 is 1.10 bits per heavy atom. The number of benzene rings is 2. The molecule has 0 saturated carbocycles. The van der Waals surface area contributed by atoms with Gasteiger partial charge >= 0.3 is 0 Å². The minimum Gasteiger partial charge on any atom is -0.497 e. The molecule has 0 atom stereocenters. The van der Waals surface area contributed by atoms with Crippen LogP contribution in [0.5, 0.6) is 5.75 Å². The Hall–Kier alpha value is -1.71. The highest BCUT2D eigenvalue weighted by Gasteiger charge is 2.01. The molecule has 0 aromatic heterocycles. The number of halogens is 1. The fourth-order valence-electron chi connectivity index (χ4n) is 1.54. The van der Waals surface area contributed by atoms with Crippen LogP contribution in [0, 0.1) is 0 Å². The van der Waals surface area contributed by atoms with Crippen molar-refractivity contribution in [2.45, 2.75) is 4.90 Å². The van der Waals surface area contributed by atoms with Crippen molar-refractivity contribution in [2.75, 3.05) is 7.11 Å². The standard InChI is InChI=1S/C16H13ClO2S/c1-19-14-6-2-12(3-7-14)16(18)10-11-20-15-8-4-13(17)5-9-15/h2-11H,1H3. The summed E-state index contributed by atoms with van der Waals surface area (Å²) in [6.07, 6.45) is 1.56. The summed E-state index contributed by atoms with van der Waals surface area (Å²) in [6.45, 7) is 0. The first-order chi connectivity index (χ1) is 9.69. The van der Waals surface area contributed by atoms with Crippen molar-refractivity contribution in [3.8, 4) is 5.75 Å². The third kappa shape index (κ3) is 4.15. The topological polar surface area (TPSA) is 26.3 Å². The summed E-state index contributed by atoms with van der Waals surface area (Å²) in [5.41, 5.74) is 0.638. The number of rotatable bonds is 5. The van der Waals surface area contributed by atoms with Gasteiger partial charge in [-0.1, -0.05) is 23.4 Å². The van der Waals surface area contributed by atoms with Gasteiger partial charge in [-0.2, -0.15) is 0 Å². The maximum Gasteiger partial charge on any atom is 0.186 e. The van der Waals surface area contributed by atoms with Crippen molar-refractivity contribution < 1.29 is 9.53 Å². The molecule has 0 radical (unpaired) electrons. The molecule has 20 heavy (non-hydrogen) atoms. The number of ketones is 1. The molecule has 0 N–H and O–H groups in total. The van der Waals surface area contributed by atoms with Crippen molar-refractivity contribution in [3.05, 3.63) is 70.6 Å². The maximum atomic E-state index is 11.9. The molecule has 2 aromatic rings. The van der Waals surface area contributed by atoms with E-state index in [4.69, 9.17) is 16.3 Å². The molecule has 0 heterocycles. The second-order valence-electron chi connectivity index (χ2n) is 3.97. The van der Waals surface area contributed by atoms with Gasteiger partial charge in [-0.15, -0.1) is 0 Å². The quantitative estimate of drug-likeness (QED) is 0.449. The minimum atomic E-state index is -0.0332. The first-order valence-electron chi connectivity index (χ1n) is 5.96. The van der Waals surface area contributed by atoms with E-state index < -0.39 is 0 Å². The molecule has 2 aromatic carbocycles. The van der Waals surface area contributed by atoms with Crippen LogP contribution in [0.4, 0.5) is 0 Å². The number of ether oxygens (including phenoxy) is 1. The second-order valence-corrected chi connectivity index (χ2v) is 5.38. The predicted molar refractivity (Wildman–Crippen MR) is 83.8 cm³/mol. The fourth-order valence-corrected chi connectivity index (χ4v) is 2.31. The zero-order chi connectivity index (χ0) is 14.4. The summed E-state index contributed by atoms with van der Waals surface area (Å²) >= 11 is 7.28. The molecule has 102 valence electrons.